The van der Waals surface area contributed by atoms with E-state index in [4.69, 9.17) is 28.5 Å². The normalized spacial score (nSPS) is 25.4. The smallest absolute Gasteiger partial charge is 0.0668 e. The number of nitrogens with zero attached hydrogens (tertiary/aromatic N) is 1. The van der Waals surface area contributed by atoms with Gasteiger partial charge in [0.05, 0.1) is 38.1 Å². The molecule has 0 bridgehead atoms. The maximum absolute atomic E-state index is 12.5. The molecule has 0 heterocycles. The van der Waals surface area contributed by atoms with Crippen LogP contribution in [0.1, 0.15) is 25.7 Å². The predicted octanol–water partition coefficient (Wildman–Crippen LogP) is 4.18. The highest BCUT2D eigenvalue weighted by atomic mass is 35.5. The fourth-order valence-electron chi connectivity index (χ4n) is 2.28. The number of hydrogen-bond acceptors (Lipinski definition) is 2. The Morgan fingerprint density at radius 2 is 1.94 bits per heavy atom. The fraction of sp³-hybridized carbons (Fsp3) is 0.462. The molecule has 0 N–H and O–H groups in total. The lowest BCUT2D eigenvalue weighted by molar-refractivity contribution is 0.431. The summed E-state index contributed by atoms with van der Waals surface area (Å²) >= 11 is 11.8. The second kappa shape index (κ2) is 6.06. The van der Waals surface area contributed by atoms with Crippen LogP contribution in [0.5, 0.6) is 0 Å². The quantitative estimate of drug-likeness (QED) is 0.822. The summed E-state index contributed by atoms with van der Waals surface area (Å²) in [6.45, 7) is 0. The van der Waals surface area contributed by atoms with E-state index in [2.05, 4.69) is 6.07 Å². The van der Waals surface area contributed by atoms with Crippen LogP contribution in [-0.2, 0) is 10.8 Å². The Morgan fingerprint density at radius 3 is 2.61 bits per heavy atom. The third-order valence-electron chi connectivity index (χ3n) is 3.27. The van der Waals surface area contributed by atoms with Crippen molar-refractivity contribution in [1.29, 1.82) is 5.26 Å². The Kier molecular flexibility index (Phi) is 4.66. The van der Waals surface area contributed by atoms with E-state index in [1.807, 2.05) is 0 Å². The molecule has 1 aliphatic carbocycles. The lowest BCUT2D eigenvalue weighted by atomic mass is 9.90. The Morgan fingerprint density at radius 1 is 1.22 bits per heavy atom. The standard InChI is InChI=1S/C13H13Cl2NOS/c14-11-6-5-10(7-12(11)15)18(17)13-4-2-1-3-9(13)8-16/h5-7,9,13H,1-4H2. The van der Waals surface area contributed by atoms with E-state index in [1.54, 1.807) is 18.2 Å². The van der Waals surface area contributed by atoms with Crippen LogP contribution in [0.15, 0.2) is 23.1 Å². The molecule has 5 heteroatoms. The second-order valence-electron chi connectivity index (χ2n) is 4.43. The zero-order chi connectivity index (χ0) is 13.1. The van der Waals surface area contributed by atoms with E-state index in [1.165, 1.54) is 0 Å². The molecule has 0 radical (unpaired) electrons. The van der Waals surface area contributed by atoms with E-state index >= 15 is 0 Å². The maximum atomic E-state index is 12.5. The summed E-state index contributed by atoms with van der Waals surface area (Å²) in [5.41, 5.74) is 0. The van der Waals surface area contributed by atoms with Gasteiger partial charge in [-0.25, -0.2) is 0 Å². The molecule has 96 valence electrons. The molecule has 0 amide bonds. The molecule has 18 heavy (non-hydrogen) atoms. The van der Waals surface area contributed by atoms with Gasteiger partial charge in [0.25, 0.3) is 0 Å². The molecule has 1 fully saturated rings. The predicted molar refractivity (Wildman–Crippen MR) is 74.2 cm³/mol. The second-order valence-corrected chi connectivity index (χ2v) is 6.92. The van der Waals surface area contributed by atoms with Crippen LogP contribution in [0.3, 0.4) is 0 Å². The first-order valence-corrected chi connectivity index (χ1v) is 7.85. The number of hydrogen-bond donors (Lipinski definition) is 0. The Hall–Kier alpha value is -0.560. The topological polar surface area (TPSA) is 40.9 Å². The van der Waals surface area contributed by atoms with Crippen molar-refractivity contribution in [2.75, 3.05) is 0 Å². The molecule has 0 aromatic heterocycles. The van der Waals surface area contributed by atoms with E-state index in [9.17, 15) is 4.21 Å². The van der Waals surface area contributed by atoms with Gasteiger partial charge in [0.2, 0.25) is 0 Å². The van der Waals surface area contributed by atoms with Gasteiger partial charge in [-0.3, -0.25) is 4.21 Å². The van der Waals surface area contributed by atoms with Crippen LogP contribution in [0.4, 0.5) is 0 Å². The zero-order valence-electron chi connectivity index (χ0n) is 9.73. The van der Waals surface area contributed by atoms with E-state index in [-0.39, 0.29) is 11.2 Å². The van der Waals surface area contributed by atoms with E-state index < -0.39 is 10.8 Å². The molecular weight excluding hydrogens is 289 g/mol. The monoisotopic (exact) mass is 301 g/mol. The summed E-state index contributed by atoms with van der Waals surface area (Å²) in [6, 6.07) is 7.30. The van der Waals surface area contributed by atoms with Crippen molar-refractivity contribution in [2.45, 2.75) is 35.8 Å². The van der Waals surface area contributed by atoms with Gasteiger partial charge in [-0.2, -0.15) is 5.26 Å². The van der Waals surface area contributed by atoms with E-state index in [0.29, 0.717) is 14.9 Å². The van der Waals surface area contributed by atoms with Crippen LogP contribution >= 0.6 is 23.2 Å². The van der Waals surface area contributed by atoms with Gasteiger partial charge < -0.3 is 0 Å². The number of nitriles is 1. The third kappa shape index (κ3) is 2.88. The van der Waals surface area contributed by atoms with Crippen molar-refractivity contribution < 1.29 is 4.21 Å². The molecule has 1 aromatic carbocycles. The van der Waals surface area contributed by atoms with Gasteiger partial charge in [-0.1, -0.05) is 36.0 Å². The Balaban J connectivity index is 2.24. The maximum Gasteiger partial charge on any atom is 0.0668 e. The summed E-state index contributed by atoms with van der Waals surface area (Å²) in [5.74, 6) is -0.117. The van der Waals surface area contributed by atoms with Crippen LogP contribution in [0, 0.1) is 17.2 Å². The summed E-state index contributed by atoms with van der Waals surface area (Å²) < 4.78 is 12.5. The van der Waals surface area contributed by atoms with Crippen molar-refractivity contribution >= 4 is 34.0 Å². The number of rotatable bonds is 2. The molecule has 1 aliphatic rings. The van der Waals surface area contributed by atoms with Crippen LogP contribution in [0.2, 0.25) is 10.0 Å². The highest BCUT2D eigenvalue weighted by Gasteiger charge is 2.30. The van der Waals surface area contributed by atoms with Crippen LogP contribution in [0.25, 0.3) is 0 Å². The molecule has 2 rings (SSSR count). The van der Waals surface area contributed by atoms with Gasteiger partial charge >= 0.3 is 0 Å². The van der Waals surface area contributed by atoms with Crippen molar-refractivity contribution in [1.82, 2.24) is 0 Å². The SMILES string of the molecule is N#CC1CCCCC1S(=O)c1ccc(Cl)c(Cl)c1. The average Bonchev–Trinajstić information content (AvgIpc) is 2.41. The highest BCUT2D eigenvalue weighted by Crippen LogP contribution is 2.32. The third-order valence-corrected chi connectivity index (χ3v) is 5.84. The molecule has 3 unspecified atom stereocenters. The number of benzene rings is 1. The first kappa shape index (κ1) is 13.9. The fourth-order valence-corrected chi connectivity index (χ4v) is 4.30. The van der Waals surface area contributed by atoms with E-state index in [0.717, 1.165) is 25.7 Å². The van der Waals surface area contributed by atoms with Gasteiger partial charge in [-0.05, 0) is 31.0 Å². The average molecular weight is 302 g/mol. The van der Waals surface area contributed by atoms with Crippen molar-refractivity contribution in [3.8, 4) is 6.07 Å². The summed E-state index contributed by atoms with van der Waals surface area (Å²) in [6.07, 6.45) is 3.77. The molecule has 3 atom stereocenters. The zero-order valence-corrected chi connectivity index (χ0v) is 12.1. The van der Waals surface area contributed by atoms with Crippen molar-refractivity contribution in [3.63, 3.8) is 0 Å². The summed E-state index contributed by atoms with van der Waals surface area (Å²) in [5, 5.41) is 9.91. The minimum atomic E-state index is -1.18. The highest BCUT2D eigenvalue weighted by molar-refractivity contribution is 7.85. The molecule has 0 saturated heterocycles. The van der Waals surface area contributed by atoms with Gasteiger partial charge in [0.1, 0.15) is 0 Å². The molecule has 0 spiro atoms. The first-order valence-electron chi connectivity index (χ1n) is 5.88. The largest absolute Gasteiger partial charge is 0.254 e. The summed E-state index contributed by atoms with van der Waals surface area (Å²) in [4.78, 5) is 0.663. The van der Waals surface area contributed by atoms with Gasteiger partial charge in [-0.15, -0.1) is 0 Å². The minimum Gasteiger partial charge on any atom is -0.254 e. The molecule has 0 aliphatic heterocycles. The molecule has 1 aromatic rings. The van der Waals surface area contributed by atoms with Crippen LogP contribution < -0.4 is 0 Å². The molecule has 2 nitrogen and oxygen atoms in total. The van der Waals surface area contributed by atoms with Crippen LogP contribution in [-0.4, -0.2) is 9.46 Å². The molecular formula is C13H13Cl2NOS. The number of halogens is 2. The van der Waals surface area contributed by atoms with Gasteiger partial charge in [0.15, 0.2) is 0 Å². The lowest BCUT2D eigenvalue weighted by Gasteiger charge is -2.26. The Bertz CT molecular complexity index is 512. The van der Waals surface area contributed by atoms with Crippen molar-refractivity contribution in [3.05, 3.63) is 28.2 Å². The minimum absolute atomic E-state index is 0.0824. The lowest BCUT2D eigenvalue weighted by Crippen LogP contribution is -2.28. The Labute approximate surface area is 119 Å². The van der Waals surface area contributed by atoms with Gasteiger partial charge in [0, 0.05) is 4.90 Å². The van der Waals surface area contributed by atoms with Crippen molar-refractivity contribution in [2.24, 2.45) is 5.92 Å². The first-order chi connectivity index (χ1) is 8.63. The molecule has 1 saturated carbocycles. The summed E-state index contributed by atoms with van der Waals surface area (Å²) in [7, 11) is -1.18.